The molecule has 0 aromatic carbocycles. The summed E-state index contributed by atoms with van der Waals surface area (Å²) in [5, 5.41) is 5.40. The van der Waals surface area contributed by atoms with E-state index in [-0.39, 0.29) is 0 Å². The van der Waals surface area contributed by atoms with Gasteiger partial charge in [-0.25, -0.2) is 0 Å². The highest BCUT2D eigenvalue weighted by Crippen LogP contribution is 2.43. The van der Waals surface area contributed by atoms with Crippen molar-refractivity contribution in [3.63, 3.8) is 0 Å². The number of aromatic nitrogens is 2. The SMILES string of the molecule is Cc1nn(C)c(C)c1OCC1(CBr)CCC1. The molecule has 1 saturated carbocycles. The van der Waals surface area contributed by atoms with Crippen molar-refractivity contribution in [1.82, 2.24) is 9.78 Å². The Labute approximate surface area is 105 Å². The Kier molecular flexibility index (Phi) is 3.29. The maximum Gasteiger partial charge on any atom is 0.162 e. The van der Waals surface area contributed by atoms with Crippen LogP contribution in [0.2, 0.25) is 0 Å². The second kappa shape index (κ2) is 4.40. The first-order chi connectivity index (χ1) is 7.58. The van der Waals surface area contributed by atoms with Gasteiger partial charge >= 0.3 is 0 Å². The topological polar surface area (TPSA) is 27.1 Å². The molecule has 1 aromatic rings. The van der Waals surface area contributed by atoms with E-state index < -0.39 is 0 Å². The van der Waals surface area contributed by atoms with Crippen molar-refractivity contribution in [3.8, 4) is 5.75 Å². The smallest absolute Gasteiger partial charge is 0.162 e. The van der Waals surface area contributed by atoms with Crippen LogP contribution in [0.1, 0.15) is 30.7 Å². The van der Waals surface area contributed by atoms with Gasteiger partial charge in [-0.3, -0.25) is 4.68 Å². The predicted octanol–water partition coefficient (Wildman–Crippen LogP) is 2.98. The molecule has 1 fully saturated rings. The van der Waals surface area contributed by atoms with Crippen LogP contribution < -0.4 is 4.74 Å². The van der Waals surface area contributed by atoms with Crippen LogP contribution in [-0.2, 0) is 7.05 Å². The van der Waals surface area contributed by atoms with Gasteiger partial charge in [0, 0.05) is 17.8 Å². The second-order valence-electron chi connectivity index (χ2n) is 4.90. The fourth-order valence-electron chi connectivity index (χ4n) is 2.18. The van der Waals surface area contributed by atoms with Crippen LogP contribution in [0.15, 0.2) is 0 Å². The van der Waals surface area contributed by atoms with Gasteiger partial charge in [-0.2, -0.15) is 5.10 Å². The average molecular weight is 287 g/mol. The number of ether oxygens (including phenoxy) is 1. The molecular weight excluding hydrogens is 268 g/mol. The number of hydrogen-bond acceptors (Lipinski definition) is 2. The summed E-state index contributed by atoms with van der Waals surface area (Å²) in [6, 6.07) is 0. The Morgan fingerprint density at radius 1 is 1.44 bits per heavy atom. The Bertz CT molecular complexity index is 377. The number of halogens is 1. The largest absolute Gasteiger partial charge is 0.489 e. The molecule has 0 N–H and O–H groups in total. The summed E-state index contributed by atoms with van der Waals surface area (Å²) in [6.45, 7) is 4.87. The molecule has 0 bridgehead atoms. The van der Waals surface area contributed by atoms with Crippen molar-refractivity contribution in [1.29, 1.82) is 0 Å². The van der Waals surface area contributed by atoms with Crippen LogP contribution in [0.25, 0.3) is 0 Å². The minimum absolute atomic E-state index is 0.370. The van der Waals surface area contributed by atoms with Gasteiger partial charge in [0.15, 0.2) is 5.75 Å². The molecular formula is C12H19BrN2O. The lowest BCUT2D eigenvalue weighted by Crippen LogP contribution is -2.37. The first-order valence-electron chi connectivity index (χ1n) is 5.77. The molecule has 1 aliphatic rings. The van der Waals surface area contributed by atoms with Crippen molar-refractivity contribution in [2.75, 3.05) is 11.9 Å². The zero-order valence-electron chi connectivity index (χ0n) is 10.2. The predicted molar refractivity (Wildman–Crippen MR) is 68.3 cm³/mol. The quantitative estimate of drug-likeness (QED) is 0.796. The van der Waals surface area contributed by atoms with Gasteiger partial charge in [0.1, 0.15) is 5.69 Å². The fraction of sp³-hybridized carbons (Fsp3) is 0.750. The second-order valence-corrected chi connectivity index (χ2v) is 5.46. The molecule has 0 amide bonds. The lowest BCUT2D eigenvalue weighted by Gasteiger charge is -2.39. The zero-order valence-corrected chi connectivity index (χ0v) is 11.8. The third kappa shape index (κ3) is 1.99. The minimum Gasteiger partial charge on any atom is -0.489 e. The molecule has 90 valence electrons. The highest BCUT2D eigenvalue weighted by Gasteiger charge is 2.37. The fourth-order valence-corrected chi connectivity index (χ4v) is 2.90. The summed E-state index contributed by atoms with van der Waals surface area (Å²) in [5.41, 5.74) is 2.47. The monoisotopic (exact) mass is 286 g/mol. The van der Waals surface area contributed by atoms with Gasteiger partial charge in [-0.05, 0) is 26.7 Å². The standard InChI is InChI=1S/C12H19BrN2O/c1-9-11(10(2)15(3)14-9)16-8-12(7-13)5-4-6-12/h4-8H2,1-3H3. The molecule has 0 saturated heterocycles. The number of nitrogens with zero attached hydrogens (tertiary/aromatic N) is 2. The number of alkyl halides is 1. The highest BCUT2D eigenvalue weighted by atomic mass is 79.9. The van der Waals surface area contributed by atoms with Crippen LogP contribution in [-0.4, -0.2) is 21.7 Å². The van der Waals surface area contributed by atoms with Gasteiger partial charge in [-0.15, -0.1) is 0 Å². The van der Waals surface area contributed by atoms with Gasteiger partial charge in [0.05, 0.1) is 12.3 Å². The molecule has 4 heteroatoms. The lowest BCUT2D eigenvalue weighted by atomic mass is 9.71. The van der Waals surface area contributed by atoms with E-state index in [1.54, 1.807) is 0 Å². The van der Waals surface area contributed by atoms with E-state index in [9.17, 15) is 0 Å². The Balaban J connectivity index is 2.04. The van der Waals surface area contributed by atoms with E-state index >= 15 is 0 Å². The third-order valence-electron chi connectivity index (χ3n) is 3.66. The molecule has 3 nitrogen and oxygen atoms in total. The highest BCUT2D eigenvalue weighted by molar-refractivity contribution is 9.09. The Morgan fingerprint density at radius 3 is 2.50 bits per heavy atom. The van der Waals surface area contributed by atoms with Crippen molar-refractivity contribution in [2.45, 2.75) is 33.1 Å². The van der Waals surface area contributed by atoms with Crippen LogP contribution >= 0.6 is 15.9 Å². The maximum absolute atomic E-state index is 5.97. The molecule has 0 spiro atoms. The maximum atomic E-state index is 5.97. The van der Waals surface area contributed by atoms with E-state index in [4.69, 9.17) is 4.74 Å². The Hall–Kier alpha value is -0.510. The molecule has 0 radical (unpaired) electrons. The first-order valence-corrected chi connectivity index (χ1v) is 6.89. The van der Waals surface area contributed by atoms with E-state index in [2.05, 4.69) is 28.0 Å². The van der Waals surface area contributed by atoms with Gasteiger partial charge in [-0.1, -0.05) is 22.4 Å². The van der Waals surface area contributed by atoms with Crippen LogP contribution in [0.4, 0.5) is 0 Å². The zero-order chi connectivity index (χ0) is 11.8. The van der Waals surface area contributed by atoms with Crippen molar-refractivity contribution < 1.29 is 4.74 Å². The van der Waals surface area contributed by atoms with Crippen LogP contribution in [0, 0.1) is 19.3 Å². The molecule has 1 heterocycles. The Morgan fingerprint density at radius 2 is 2.12 bits per heavy atom. The van der Waals surface area contributed by atoms with E-state index in [0.717, 1.165) is 29.1 Å². The van der Waals surface area contributed by atoms with Crippen LogP contribution in [0.5, 0.6) is 5.75 Å². The third-order valence-corrected chi connectivity index (χ3v) is 4.85. The number of aryl methyl sites for hydroxylation is 2. The summed E-state index contributed by atoms with van der Waals surface area (Å²) >= 11 is 3.60. The molecule has 1 aliphatic carbocycles. The van der Waals surface area contributed by atoms with Gasteiger partial charge in [0.25, 0.3) is 0 Å². The van der Waals surface area contributed by atoms with Gasteiger partial charge < -0.3 is 4.74 Å². The molecule has 0 aliphatic heterocycles. The summed E-state index contributed by atoms with van der Waals surface area (Å²) in [4.78, 5) is 0. The number of rotatable bonds is 4. The van der Waals surface area contributed by atoms with Crippen molar-refractivity contribution in [3.05, 3.63) is 11.4 Å². The number of hydrogen-bond donors (Lipinski definition) is 0. The summed E-state index contributed by atoms with van der Waals surface area (Å²) in [6.07, 6.45) is 3.88. The molecule has 0 atom stereocenters. The van der Waals surface area contributed by atoms with Gasteiger partial charge in [0.2, 0.25) is 0 Å². The minimum atomic E-state index is 0.370. The normalized spacial score (nSPS) is 18.2. The van der Waals surface area contributed by atoms with Crippen LogP contribution in [0.3, 0.4) is 0 Å². The molecule has 0 unspecified atom stereocenters. The molecule has 2 rings (SSSR count). The summed E-state index contributed by atoms with van der Waals surface area (Å²) in [7, 11) is 1.96. The van der Waals surface area contributed by atoms with Crippen molar-refractivity contribution >= 4 is 15.9 Å². The van der Waals surface area contributed by atoms with E-state index in [1.165, 1.54) is 19.3 Å². The molecule has 1 aromatic heterocycles. The summed E-state index contributed by atoms with van der Waals surface area (Å²) < 4.78 is 7.85. The lowest BCUT2D eigenvalue weighted by molar-refractivity contribution is 0.0829. The molecule has 16 heavy (non-hydrogen) atoms. The average Bonchev–Trinajstić information content (AvgIpc) is 2.43. The summed E-state index contributed by atoms with van der Waals surface area (Å²) in [5.74, 6) is 0.967. The van der Waals surface area contributed by atoms with Crippen molar-refractivity contribution in [2.24, 2.45) is 12.5 Å². The van der Waals surface area contributed by atoms with E-state index in [1.807, 2.05) is 18.7 Å². The van der Waals surface area contributed by atoms with E-state index in [0.29, 0.717) is 5.41 Å². The first kappa shape index (κ1) is 12.0.